The summed E-state index contributed by atoms with van der Waals surface area (Å²) in [6, 6.07) is 14.8. The Labute approximate surface area is 460 Å². The van der Waals surface area contributed by atoms with Crippen molar-refractivity contribution < 1.29 is 52.3 Å². The van der Waals surface area contributed by atoms with Gasteiger partial charge in [0.1, 0.15) is 11.8 Å². The minimum atomic E-state index is -0.725. The van der Waals surface area contributed by atoms with Crippen LogP contribution in [0.3, 0.4) is 0 Å². The summed E-state index contributed by atoms with van der Waals surface area (Å²) < 4.78 is 35.4. The number of unbranched alkanes of at least 4 members (excludes halogenated alkanes) is 3. The van der Waals surface area contributed by atoms with E-state index >= 15 is 0 Å². The highest BCUT2D eigenvalue weighted by Crippen LogP contribution is 2.41. The summed E-state index contributed by atoms with van der Waals surface area (Å²) in [5.41, 5.74) is 7.36. The first kappa shape index (κ1) is 55.4. The lowest BCUT2D eigenvalue weighted by atomic mass is 9.87. The van der Waals surface area contributed by atoms with Crippen LogP contribution in [0.1, 0.15) is 86.7 Å². The van der Waals surface area contributed by atoms with Gasteiger partial charge in [0, 0.05) is 62.5 Å². The van der Waals surface area contributed by atoms with Crippen LogP contribution in [-0.4, -0.2) is 132 Å². The zero-order chi connectivity index (χ0) is 55.6. The first-order valence-electron chi connectivity index (χ1n) is 27.1. The Balaban J connectivity index is 0.769. The molecule has 2 aromatic carbocycles. The maximum Gasteiger partial charge on any atom is 0.253 e. The van der Waals surface area contributed by atoms with Gasteiger partial charge in [-0.1, -0.05) is 42.8 Å². The van der Waals surface area contributed by atoms with Gasteiger partial charge in [-0.15, -0.1) is 0 Å². The summed E-state index contributed by atoms with van der Waals surface area (Å²) in [4.78, 5) is 53.7. The molecule has 4 amide bonds. The molecule has 0 fully saturated rings. The van der Waals surface area contributed by atoms with Crippen molar-refractivity contribution >= 4 is 52.9 Å². The number of aromatic nitrogens is 2. The van der Waals surface area contributed by atoms with Crippen molar-refractivity contribution in [3.05, 3.63) is 142 Å². The Hall–Kier alpha value is -8.32. The van der Waals surface area contributed by atoms with Crippen LogP contribution in [-0.2, 0) is 32.3 Å². The predicted octanol–water partition coefficient (Wildman–Crippen LogP) is 7.66. The lowest BCUT2D eigenvalue weighted by Gasteiger charge is -2.22. The van der Waals surface area contributed by atoms with E-state index in [0.29, 0.717) is 129 Å². The van der Waals surface area contributed by atoms with E-state index in [1.807, 2.05) is 108 Å². The maximum absolute atomic E-state index is 13.7. The Bertz CT molecular complexity index is 3120. The van der Waals surface area contributed by atoms with E-state index in [0.717, 1.165) is 56.9 Å². The van der Waals surface area contributed by atoms with Crippen molar-refractivity contribution in [2.75, 3.05) is 67.0 Å². The number of imide groups is 1. The van der Waals surface area contributed by atoms with Gasteiger partial charge in [0.2, 0.25) is 24.2 Å². The second-order valence-corrected chi connectivity index (χ2v) is 20.6. The van der Waals surface area contributed by atoms with Crippen LogP contribution in [0.25, 0.3) is 11.1 Å². The SMILES string of the molecule is COc1ccc(C2=CC=C3C(C2)Cn2cc(OCCCOc4cn5c(c4OC)C=[N+]([O-])C4=CC=C(c6ccc(NC(=O)C(CCCCN(C)C)NC(=O)CCCCCN7C(=O)C=CC7=O)cc6)CC4C5)c(OC)c2C=[N+]3[O-])cc1. The van der Waals surface area contributed by atoms with E-state index in [2.05, 4.69) is 15.5 Å². The van der Waals surface area contributed by atoms with Gasteiger partial charge in [0.15, 0.2) is 45.8 Å². The number of hydroxylamine groups is 2. The molecule has 5 aliphatic rings. The van der Waals surface area contributed by atoms with Gasteiger partial charge < -0.3 is 58.8 Å². The van der Waals surface area contributed by atoms with Gasteiger partial charge in [0.25, 0.3) is 11.8 Å². The van der Waals surface area contributed by atoms with Gasteiger partial charge in [-0.3, -0.25) is 24.1 Å². The van der Waals surface area contributed by atoms with Crippen molar-refractivity contribution in [3.63, 3.8) is 0 Å². The Kier molecular flexibility index (Phi) is 17.8. The molecule has 5 heterocycles. The topological polar surface area (TPSA) is 207 Å². The van der Waals surface area contributed by atoms with E-state index in [1.165, 1.54) is 23.3 Å². The van der Waals surface area contributed by atoms with E-state index in [-0.39, 0.29) is 41.9 Å². The summed E-state index contributed by atoms with van der Waals surface area (Å²) in [7, 11) is 8.77. The van der Waals surface area contributed by atoms with Crippen molar-refractivity contribution in [1.82, 2.24) is 24.3 Å². The van der Waals surface area contributed by atoms with Crippen molar-refractivity contribution in [2.24, 2.45) is 11.8 Å². The first-order chi connectivity index (χ1) is 38.3. The maximum atomic E-state index is 13.7. The predicted molar refractivity (Wildman–Crippen MR) is 300 cm³/mol. The van der Waals surface area contributed by atoms with E-state index in [4.69, 9.17) is 23.7 Å². The number of nitrogens with one attached hydrogen (secondary N) is 2. The number of benzene rings is 2. The van der Waals surface area contributed by atoms with Gasteiger partial charge in [-0.25, -0.2) is 0 Å². The number of ether oxygens (including phenoxy) is 5. The molecule has 4 aromatic rings. The highest BCUT2D eigenvalue weighted by atomic mass is 16.5. The van der Waals surface area contributed by atoms with Gasteiger partial charge >= 0.3 is 0 Å². The molecule has 9 rings (SSSR count). The molecule has 0 bridgehead atoms. The van der Waals surface area contributed by atoms with Crippen LogP contribution in [0, 0.1) is 22.3 Å². The fourth-order valence-corrected chi connectivity index (χ4v) is 10.8. The summed E-state index contributed by atoms with van der Waals surface area (Å²) in [5.74, 6) is 1.39. The average molecular weight is 1080 g/mol. The number of hydrogen-bond donors (Lipinski definition) is 2. The molecule has 0 spiro atoms. The molecule has 3 aliphatic heterocycles. The molecule has 79 heavy (non-hydrogen) atoms. The van der Waals surface area contributed by atoms with Crippen LogP contribution < -0.4 is 34.3 Å². The normalized spacial score (nSPS) is 17.8. The molecule has 3 atom stereocenters. The number of hydrogen-bond acceptors (Lipinski definition) is 12. The summed E-state index contributed by atoms with van der Waals surface area (Å²) >= 11 is 0. The minimum absolute atomic E-state index is 0.0600. The zero-order valence-corrected chi connectivity index (χ0v) is 45.6. The Morgan fingerprint density at radius 2 is 1.23 bits per heavy atom. The molecule has 19 heteroatoms. The fourth-order valence-electron chi connectivity index (χ4n) is 10.8. The van der Waals surface area contributed by atoms with Crippen molar-refractivity contribution in [2.45, 2.75) is 83.3 Å². The standard InChI is InChI=1S/C60H70N8O11/c1-63(2)28-10-8-12-48(62-55(69)13-7-6-9-29-66-56(70)26-27-57(66)71)60(72)61-46-20-14-40(15-21-46)42-18-24-49-44(32-42)34-64-38-53(58(76-4)51(64)36-67(49)73)78-30-11-31-79-54-39-65-35-45-33-43(41-16-22-47(75-3)23-17-41)19-25-50(45)68(74)37-52(65)59(54)77-5/h14-27,36-39,44-45,48H,6-13,28-35H2,1-5H3,(H,61,72)(H,62,69). The number of rotatable bonds is 25. The molecule has 3 unspecified atom stereocenters. The van der Waals surface area contributed by atoms with E-state index in [9.17, 15) is 29.6 Å². The van der Waals surface area contributed by atoms with Crippen LogP contribution in [0.15, 0.2) is 109 Å². The summed E-state index contributed by atoms with van der Waals surface area (Å²) in [6.45, 7) is 2.84. The van der Waals surface area contributed by atoms with E-state index < -0.39 is 6.04 Å². The minimum Gasteiger partial charge on any atom is -0.618 e. The number of anilines is 1. The lowest BCUT2D eigenvalue weighted by Crippen LogP contribution is -2.43. The third-order valence-corrected chi connectivity index (χ3v) is 15.0. The number of methoxy groups -OCH3 is 3. The molecule has 0 saturated heterocycles. The number of nitrogens with zero attached hydrogens (tertiary/aromatic N) is 6. The van der Waals surface area contributed by atoms with Gasteiger partial charge in [-0.05, 0) is 112 Å². The quantitative estimate of drug-likeness (QED) is 0.0284. The van der Waals surface area contributed by atoms with Gasteiger partial charge in [0.05, 0.1) is 58.8 Å². The largest absolute Gasteiger partial charge is 0.618 e. The molecule has 2 aliphatic carbocycles. The molecular formula is C60H70N8O11. The van der Waals surface area contributed by atoms with Crippen LogP contribution in [0.2, 0.25) is 0 Å². The number of amides is 4. The molecule has 2 aromatic heterocycles. The average Bonchev–Trinajstić information content (AvgIpc) is 4.00. The highest BCUT2D eigenvalue weighted by Gasteiger charge is 2.35. The monoisotopic (exact) mass is 1080 g/mol. The van der Waals surface area contributed by atoms with Crippen LogP contribution >= 0.6 is 0 Å². The zero-order valence-electron chi connectivity index (χ0n) is 45.6. The second-order valence-electron chi connectivity index (χ2n) is 20.6. The van der Waals surface area contributed by atoms with Gasteiger partial charge in [-0.2, -0.15) is 9.48 Å². The summed E-state index contributed by atoms with van der Waals surface area (Å²) in [5, 5.41) is 33.1. The van der Waals surface area contributed by atoms with Crippen molar-refractivity contribution in [3.8, 4) is 28.7 Å². The smallest absolute Gasteiger partial charge is 0.253 e. The van der Waals surface area contributed by atoms with Crippen molar-refractivity contribution in [1.29, 1.82) is 0 Å². The molecular weight excluding hydrogens is 1010 g/mol. The summed E-state index contributed by atoms with van der Waals surface area (Å²) in [6.07, 6.45) is 23.1. The number of allylic oxidation sites excluding steroid dienone is 8. The first-order valence-corrected chi connectivity index (χ1v) is 27.1. The molecule has 416 valence electrons. The number of fused-ring (bicyclic) bond motifs is 4. The number of carbonyl (C=O) groups excluding carboxylic acids is 4. The molecule has 2 N–H and O–H groups in total. The molecule has 19 nitrogen and oxygen atoms in total. The highest BCUT2D eigenvalue weighted by molar-refractivity contribution is 6.12. The Morgan fingerprint density at radius 3 is 1.75 bits per heavy atom. The molecule has 0 saturated carbocycles. The third-order valence-electron chi connectivity index (χ3n) is 15.0. The number of carbonyl (C=O) groups is 4. The fraction of sp³-hybridized carbons (Fsp3) is 0.400. The van der Waals surface area contributed by atoms with E-state index in [1.54, 1.807) is 27.5 Å². The lowest BCUT2D eigenvalue weighted by molar-refractivity contribution is -0.404. The second kappa shape index (κ2) is 25.4. The third kappa shape index (κ3) is 13.2. The van der Waals surface area contributed by atoms with Crippen LogP contribution in [0.5, 0.6) is 28.7 Å². The Morgan fingerprint density at radius 1 is 0.684 bits per heavy atom. The van der Waals surface area contributed by atoms with Crippen LogP contribution in [0.4, 0.5) is 5.69 Å². The molecule has 0 radical (unpaired) electrons.